The van der Waals surface area contributed by atoms with Crippen molar-refractivity contribution < 1.29 is 61.9 Å². The van der Waals surface area contributed by atoms with Gasteiger partial charge in [-0.3, -0.25) is 28.7 Å². The highest BCUT2D eigenvalue weighted by molar-refractivity contribution is 8.07. The van der Waals surface area contributed by atoms with E-state index < -0.39 is 96.7 Å². The molecule has 67 heavy (non-hydrogen) atoms. The summed E-state index contributed by atoms with van der Waals surface area (Å²) in [4.78, 5) is 89.1. The summed E-state index contributed by atoms with van der Waals surface area (Å²) in [6.45, 7) is 1.33. The molecule has 1 aliphatic heterocycles. The predicted octanol–water partition coefficient (Wildman–Crippen LogP) is 3.49. The Bertz CT molecular complexity index is 2450. The molecule has 20 nitrogen and oxygen atoms in total. The Morgan fingerprint density at radius 3 is 2.03 bits per heavy atom. The zero-order valence-corrected chi connectivity index (χ0v) is 40.5. The molecule has 6 N–H and O–H groups in total. The number of carbonyl (C=O) groups excluding carboxylic acids is 3. The number of methoxy groups -OCH3 is 2. The molecule has 2 unspecified atom stereocenters. The van der Waals surface area contributed by atoms with Crippen LogP contribution in [-0.4, -0.2) is 107 Å². The summed E-state index contributed by atoms with van der Waals surface area (Å²) < 4.78 is 42.7. The van der Waals surface area contributed by atoms with Gasteiger partial charge in [0.15, 0.2) is 0 Å². The third-order valence-corrected chi connectivity index (χ3v) is 11.7. The fourth-order valence-corrected chi connectivity index (χ4v) is 8.34. The van der Waals surface area contributed by atoms with Crippen LogP contribution in [0, 0.1) is 6.92 Å². The maximum absolute atomic E-state index is 13.4. The van der Waals surface area contributed by atoms with Gasteiger partial charge in [-0.1, -0.05) is 54.6 Å². The van der Waals surface area contributed by atoms with Gasteiger partial charge in [-0.05, 0) is 87.4 Å². The van der Waals surface area contributed by atoms with E-state index >= 15 is 0 Å². The van der Waals surface area contributed by atoms with Gasteiger partial charge >= 0.3 is 24.5 Å². The highest BCUT2D eigenvalue weighted by Gasteiger charge is 2.45. The van der Waals surface area contributed by atoms with Crippen molar-refractivity contribution in [2.75, 3.05) is 34.0 Å². The smallest absolute Gasteiger partial charge is 0.408 e. The topological polar surface area (TPSA) is 264 Å². The Morgan fingerprint density at radius 2 is 1.49 bits per heavy atom. The summed E-state index contributed by atoms with van der Waals surface area (Å²) in [5.41, 5.74) is -1.41. The van der Waals surface area contributed by atoms with Gasteiger partial charge in [0, 0.05) is 18.2 Å². The second kappa shape index (κ2) is 23.4. The molecule has 4 aromatic rings. The summed E-state index contributed by atoms with van der Waals surface area (Å²) in [6.07, 6.45) is -3.21. The van der Waals surface area contributed by atoms with Crippen LogP contribution in [0.5, 0.6) is 11.5 Å². The molecule has 0 spiro atoms. The van der Waals surface area contributed by atoms with Crippen molar-refractivity contribution in [2.24, 2.45) is 0 Å². The number of carboxylic acid groups (broad SMARTS) is 1. The lowest BCUT2D eigenvalue weighted by atomic mass is 9.80. The number of aromatic amines is 1. The molecule has 23 heteroatoms. The molecule has 0 bridgehead atoms. The number of carbonyl (C=O) groups is 4. The minimum Gasteiger partial charge on any atom is -0.497 e. The number of nitrogens with zero attached hydrogens (tertiary/aromatic N) is 1. The molecule has 1 aliphatic rings. The molecule has 0 aliphatic carbocycles. The minimum absolute atomic E-state index is 0. The van der Waals surface area contributed by atoms with Gasteiger partial charge in [-0.25, -0.2) is 9.59 Å². The van der Waals surface area contributed by atoms with Gasteiger partial charge in [-0.15, -0.1) is 0 Å². The minimum atomic E-state index is -4.42. The zero-order valence-electron chi connectivity index (χ0n) is 37.8. The first kappa shape index (κ1) is 54.0. The molecule has 5 rings (SSSR count). The molecular weight excluding hydrogens is 934 g/mol. The van der Waals surface area contributed by atoms with Crippen LogP contribution >= 0.6 is 20.2 Å². The molecule has 1 aromatic heterocycles. The van der Waals surface area contributed by atoms with Gasteiger partial charge in [0.05, 0.1) is 40.1 Å². The van der Waals surface area contributed by atoms with Gasteiger partial charge in [0.25, 0.3) is 5.56 Å². The molecule has 0 saturated carbocycles. The van der Waals surface area contributed by atoms with Crippen molar-refractivity contribution in [1.29, 1.82) is 0 Å². The summed E-state index contributed by atoms with van der Waals surface area (Å²) in [5.74, 6) is -1.94. The first-order valence-corrected chi connectivity index (χ1v) is 23.1. The van der Waals surface area contributed by atoms with Crippen LogP contribution in [0.3, 0.4) is 0 Å². The van der Waals surface area contributed by atoms with Crippen LogP contribution in [-0.2, 0) is 55.0 Å². The number of benzene rings is 3. The van der Waals surface area contributed by atoms with E-state index in [9.17, 15) is 33.7 Å². The van der Waals surface area contributed by atoms with E-state index in [1.54, 1.807) is 59.3 Å². The highest BCUT2D eigenvalue weighted by Crippen LogP contribution is 2.49. The molecule has 0 radical (unpaired) electrons. The van der Waals surface area contributed by atoms with Crippen LogP contribution < -0.4 is 36.7 Å². The third-order valence-electron chi connectivity index (χ3n) is 10.1. The van der Waals surface area contributed by atoms with Crippen molar-refractivity contribution >= 4 is 55.9 Å². The van der Waals surface area contributed by atoms with E-state index in [-0.39, 0.29) is 32.1 Å². The van der Waals surface area contributed by atoms with Crippen LogP contribution in [0.2, 0.25) is 0 Å². The fraction of sp³-hybridized carbons (Fsp3) is 0.409. The fourth-order valence-electron chi connectivity index (χ4n) is 6.86. The van der Waals surface area contributed by atoms with E-state index in [1.807, 2.05) is 54.6 Å². The van der Waals surface area contributed by atoms with E-state index in [2.05, 4.69) is 20.9 Å². The van der Waals surface area contributed by atoms with Crippen molar-refractivity contribution in [1.82, 2.24) is 25.5 Å². The van der Waals surface area contributed by atoms with E-state index in [1.165, 1.54) is 24.6 Å². The maximum atomic E-state index is 13.4. The number of alkyl carbamates (subject to hydrolysis) is 1. The number of aliphatic carboxylic acids is 1. The number of nitrogens with one attached hydrogen (secondary N) is 4. The first-order chi connectivity index (χ1) is 31.1. The van der Waals surface area contributed by atoms with Gasteiger partial charge in [0.1, 0.15) is 47.1 Å². The van der Waals surface area contributed by atoms with Crippen LogP contribution in [0.15, 0.2) is 94.6 Å². The number of aryl methyl sites for hydroxylation is 1. The number of ether oxygens (including phenoxy) is 5. The lowest BCUT2D eigenvalue weighted by molar-refractivity contribution is -0.141. The summed E-state index contributed by atoms with van der Waals surface area (Å²) in [6, 6.07) is 21.1. The lowest BCUT2D eigenvalue weighted by Gasteiger charge is -2.37. The average molecular weight is 990 g/mol. The number of hydrogen-bond donors (Lipinski definition) is 6. The number of amides is 3. The summed E-state index contributed by atoms with van der Waals surface area (Å²) in [7, 11) is 3.10. The molecule has 364 valence electrons. The van der Waals surface area contributed by atoms with Crippen molar-refractivity contribution in [2.45, 2.75) is 82.8 Å². The number of rotatable bonds is 20. The van der Waals surface area contributed by atoms with Gasteiger partial charge in [0.2, 0.25) is 11.8 Å². The Kier molecular flexibility index (Phi) is 18.9. The van der Waals surface area contributed by atoms with E-state index in [4.69, 9.17) is 49.6 Å². The number of carboxylic acids is 1. The molecule has 6 atom stereocenters. The van der Waals surface area contributed by atoms with Crippen molar-refractivity contribution in [3.05, 3.63) is 128 Å². The Morgan fingerprint density at radius 1 is 0.925 bits per heavy atom. The lowest BCUT2D eigenvalue weighted by Crippen LogP contribution is -2.52. The predicted molar refractivity (Wildman–Crippen MR) is 252 cm³/mol. The summed E-state index contributed by atoms with van der Waals surface area (Å²) in [5, 5.41) is 15.9. The van der Waals surface area contributed by atoms with Crippen LogP contribution in [0.1, 0.15) is 62.6 Å². The molecule has 1 saturated heterocycles. The first-order valence-electron chi connectivity index (χ1n) is 20.6. The number of hydrogen-bond acceptors (Lipinski definition) is 14. The SMILES string of the molecule is COc1ccc(C(OC[C@H]2O[C@@H](n3cc(C)c(=O)[nH]c3=O)C[C@@H]2OP(O)(=S)OCC(NC(=O)OC(C)(C)C)C(=O)NCC(=O)N[C@@H](C)C(=O)O)(c2ccccc2)c2ccc(OC)cc2)cc1.S. The second-order valence-electron chi connectivity index (χ2n) is 16.1. The Hall–Kier alpha value is -5.58. The molecule has 3 amide bonds. The standard InChI is InChI=1S/C44H54N5O15PS.H2S/c1-26-23-49(41(55)48-38(26)51)37-21-34(64-65(57,66)61-24-33(47-42(56)63-43(3,4)5)39(52)45-22-36(50)46-27(2)40(53)54)35(62-37)25-60-44(28-11-9-8-10-12-28,29-13-17-31(58-6)18-14-29)30-15-19-32(59-7)20-16-30;/h8-20,23,27,33-35,37H,21-22,24-25H2,1-7H3,(H,45,52)(H,46,50)(H,47,56)(H,53,54)(H,57,66)(H,48,51,55);1H2/t27-,33?,34-,35+,37+,65?;/m0./s1. The Balaban J connectivity index is 0.00000980. The second-order valence-corrected chi connectivity index (χ2v) is 18.9. The van der Waals surface area contributed by atoms with E-state index in [0.29, 0.717) is 28.2 Å². The quantitative estimate of drug-likeness (QED) is 0.0547. The highest BCUT2D eigenvalue weighted by atomic mass is 32.5. The molecule has 1 fully saturated rings. The van der Waals surface area contributed by atoms with Crippen LogP contribution in [0.25, 0.3) is 0 Å². The molecular formula is C44H56N5O15PS2. The monoisotopic (exact) mass is 989 g/mol. The zero-order chi connectivity index (χ0) is 48.4. The van der Waals surface area contributed by atoms with Gasteiger partial charge < -0.3 is 58.7 Å². The largest absolute Gasteiger partial charge is 0.497 e. The van der Waals surface area contributed by atoms with E-state index in [0.717, 1.165) is 0 Å². The molecule has 3 aromatic carbocycles. The Labute approximate surface area is 398 Å². The van der Waals surface area contributed by atoms with Crippen molar-refractivity contribution in [3.63, 3.8) is 0 Å². The normalized spacial score (nSPS) is 17.7. The average Bonchev–Trinajstić information content (AvgIpc) is 3.66. The third kappa shape index (κ3) is 14.5. The summed E-state index contributed by atoms with van der Waals surface area (Å²) >= 11 is 5.46. The van der Waals surface area contributed by atoms with Crippen LogP contribution in [0.4, 0.5) is 4.79 Å². The number of aromatic nitrogens is 2. The van der Waals surface area contributed by atoms with Gasteiger partial charge in [-0.2, -0.15) is 13.5 Å². The molecule has 2 heterocycles. The number of H-pyrrole nitrogens is 1. The maximum Gasteiger partial charge on any atom is 0.408 e. The van der Waals surface area contributed by atoms with Crippen molar-refractivity contribution in [3.8, 4) is 11.5 Å².